The Labute approximate surface area is 224 Å². The van der Waals surface area contributed by atoms with E-state index in [-0.39, 0.29) is 10.7 Å². The number of rotatable bonds is 1. The molecule has 7 aromatic rings. The number of alkyl halides is 3. The summed E-state index contributed by atoms with van der Waals surface area (Å²) >= 11 is 0. The zero-order valence-electron chi connectivity index (χ0n) is 20.6. The van der Waals surface area contributed by atoms with Crippen molar-refractivity contribution in [3.05, 3.63) is 107 Å². The second-order valence-corrected chi connectivity index (χ2v) is 9.61. The molecule has 7 rings (SSSR count). The van der Waals surface area contributed by atoms with Gasteiger partial charge in [0.05, 0.1) is 16.3 Å². The van der Waals surface area contributed by atoms with E-state index in [1.165, 1.54) is 6.07 Å². The van der Waals surface area contributed by atoms with Crippen LogP contribution in [0.3, 0.4) is 0 Å². The third kappa shape index (κ3) is 3.38. The number of benzene rings is 5. The van der Waals surface area contributed by atoms with E-state index in [0.29, 0.717) is 26.9 Å². The van der Waals surface area contributed by atoms with Crippen LogP contribution in [0.2, 0.25) is 0 Å². The van der Waals surface area contributed by atoms with Crippen LogP contribution in [0, 0.1) is 22.9 Å². The fourth-order valence-electron chi connectivity index (χ4n) is 5.84. The molecule has 0 bridgehead atoms. The molecule has 0 aliphatic rings. The highest BCUT2D eigenvalue weighted by Crippen LogP contribution is 2.37. The molecule has 0 aromatic heterocycles. The minimum Gasteiger partial charge on any atom is -0.172 e. The quantitative estimate of drug-likeness (QED) is 0.206. The maximum Gasteiger partial charge on any atom is 0.416 e. The van der Waals surface area contributed by atoms with Crippen LogP contribution in [0.15, 0.2) is 101 Å². The molecule has 7 aromatic carbocycles. The third-order valence-electron chi connectivity index (χ3n) is 7.55. The van der Waals surface area contributed by atoms with Gasteiger partial charge in [0.1, 0.15) is 0 Å². The summed E-state index contributed by atoms with van der Waals surface area (Å²) in [5, 5.41) is 27.0. The predicted octanol–water partition coefficient (Wildman–Crippen LogP) is 7.78. The van der Waals surface area contributed by atoms with Crippen molar-refractivity contribution in [1.82, 2.24) is 0 Å². The summed E-state index contributed by atoms with van der Waals surface area (Å²) in [6.07, 6.45) is -0.869. The monoisotopic (exact) mass is 524 g/mol. The zero-order valence-corrected chi connectivity index (χ0v) is 20.6. The summed E-state index contributed by atoms with van der Waals surface area (Å²) in [5.41, 5.74) is 1.21. The van der Waals surface area contributed by atoms with E-state index in [0.717, 1.165) is 50.2 Å². The van der Waals surface area contributed by atoms with Crippen LogP contribution in [0.5, 0.6) is 0 Å². The normalized spacial score (nSPS) is 13.1. The van der Waals surface area contributed by atoms with Crippen molar-refractivity contribution in [3.63, 3.8) is 0 Å². The lowest BCUT2D eigenvalue weighted by Crippen LogP contribution is -2.06. The van der Waals surface area contributed by atoms with E-state index in [1.54, 1.807) is 6.19 Å². The van der Waals surface area contributed by atoms with E-state index in [2.05, 4.69) is 34.3 Å². The molecule has 0 aliphatic heterocycles. The SMILES string of the molecule is N#CN=c1c2cc(-c3cccc4ccccc34)ccc2c2cc3c(=NC#N)c4cc(C(F)(F)F)ccc4c3cc12. The smallest absolute Gasteiger partial charge is 0.172 e. The molecule has 0 saturated heterocycles. The van der Waals surface area contributed by atoms with Gasteiger partial charge >= 0.3 is 6.18 Å². The van der Waals surface area contributed by atoms with Crippen molar-refractivity contribution >= 4 is 53.9 Å². The molecule has 0 unspecified atom stereocenters. The standard InChI is InChI=1S/C33H15F3N4/c34-33(35,36)20-9-11-24-26-15-29-25(14-30(26)32(40-17-38)28(24)13-20)23-10-8-19(12-27(23)31(29)39-16-37)22-7-3-5-18-4-1-2-6-21(18)22/h1-15H. The van der Waals surface area contributed by atoms with Gasteiger partial charge in [0.2, 0.25) is 12.4 Å². The molecule has 0 spiro atoms. The summed E-state index contributed by atoms with van der Waals surface area (Å²) in [7, 11) is 0. The van der Waals surface area contributed by atoms with Crippen LogP contribution in [-0.2, 0) is 6.18 Å². The zero-order chi connectivity index (χ0) is 27.6. The molecular weight excluding hydrogens is 509 g/mol. The summed E-state index contributed by atoms with van der Waals surface area (Å²) in [6, 6.07) is 27.4. The molecule has 40 heavy (non-hydrogen) atoms. The number of fused-ring (bicyclic) bond motifs is 7. The van der Waals surface area contributed by atoms with Gasteiger partial charge in [-0.1, -0.05) is 60.7 Å². The van der Waals surface area contributed by atoms with Crippen molar-refractivity contribution in [2.75, 3.05) is 0 Å². The summed E-state index contributed by atoms with van der Waals surface area (Å²) in [4.78, 5) is 8.10. The Morgan fingerprint density at radius 3 is 1.75 bits per heavy atom. The Kier molecular flexibility index (Phi) is 5.00. The minimum absolute atomic E-state index is 0.195. The summed E-state index contributed by atoms with van der Waals surface area (Å²) in [6.45, 7) is 0. The Hall–Kier alpha value is -5.53. The third-order valence-corrected chi connectivity index (χ3v) is 7.55. The van der Waals surface area contributed by atoms with Gasteiger partial charge in [0, 0.05) is 21.5 Å². The average Bonchev–Trinajstić information content (AvgIpc) is 3.42. The number of hydrogen-bond acceptors (Lipinski definition) is 4. The fraction of sp³-hybridized carbons (Fsp3) is 0.0303. The molecule has 188 valence electrons. The van der Waals surface area contributed by atoms with Gasteiger partial charge in [-0.15, -0.1) is 0 Å². The van der Waals surface area contributed by atoms with Crippen LogP contribution in [0.25, 0.3) is 65.0 Å². The van der Waals surface area contributed by atoms with Crippen molar-refractivity contribution in [1.29, 1.82) is 10.5 Å². The first-order chi connectivity index (χ1) is 19.4. The van der Waals surface area contributed by atoms with E-state index in [1.807, 2.05) is 54.7 Å². The molecule has 0 aliphatic carbocycles. The first-order valence-electron chi connectivity index (χ1n) is 12.4. The van der Waals surface area contributed by atoms with E-state index in [9.17, 15) is 23.7 Å². The highest BCUT2D eigenvalue weighted by Gasteiger charge is 2.31. The van der Waals surface area contributed by atoms with Crippen LogP contribution in [-0.4, -0.2) is 0 Å². The van der Waals surface area contributed by atoms with Crippen molar-refractivity contribution in [2.24, 2.45) is 9.98 Å². The lowest BCUT2D eigenvalue weighted by molar-refractivity contribution is -0.137. The fourth-order valence-corrected chi connectivity index (χ4v) is 5.84. The largest absolute Gasteiger partial charge is 0.416 e. The van der Waals surface area contributed by atoms with Crippen LogP contribution >= 0.6 is 0 Å². The average molecular weight is 525 g/mol. The highest BCUT2D eigenvalue weighted by atomic mass is 19.4. The number of nitriles is 2. The molecule has 0 amide bonds. The first kappa shape index (κ1) is 23.6. The second kappa shape index (κ2) is 8.49. The summed E-state index contributed by atoms with van der Waals surface area (Å²) < 4.78 is 40.4. The maximum absolute atomic E-state index is 13.5. The number of nitrogens with zero attached hydrogens (tertiary/aromatic N) is 4. The molecule has 0 saturated carbocycles. The van der Waals surface area contributed by atoms with Gasteiger partial charge < -0.3 is 0 Å². The molecular formula is C33H15F3N4. The van der Waals surface area contributed by atoms with E-state index < -0.39 is 11.7 Å². The van der Waals surface area contributed by atoms with Gasteiger partial charge in [-0.25, -0.2) is 0 Å². The Morgan fingerprint density at radius 1 is 0.525 bits per heavy atom. The molecule has 0 radical (unpaired) electrons. The van der Waals surface area contributed by atoms with E-state index >= 15 is 0 Å². The number of hydrogen-bond donors (Lipinski definition) is 0. The van der Waals surface area contributed by atoms with Crippen LogP contribution in [0.1, 0.15) is 5.56 Å². The topological polar surface area (TPSA) is 72.3 Å². The van der Waals surface area contributed by atoms with Crippen LogP contribution in [0.4, 0.5) is 13.2 Å². The maximum atomic E-state index is 13.5. The molecule has 0 heterocycles. The molecule has 7 heteroatoms. The van der Waals surface area contributed by atoms with Crippen molar-refractivity contribution in [3.8, 4) is 23.5 Å². The Morgan fingerprint density at radius 2 is 1.10 bits per heavy atom. The van der Waals surface area contributed by atoms with Crippen molar-refractivity contribution < 1.29 is 13.2 Å². The molecule has 0 atom stereocenters. The van der Waals surface area contributed by atoms with Gasteiger partial charge in [0.15, 0.2) is 0 Å². The predicted molar refractivity (Wildman–Crippen MR) is 149 cm³/mol. The molecule has 0 fully saturated rings. The second-order valence-electron chi connectivity index (χ2n) is 9.61. The highest BCUT2D eigenvalue weighted by molar-refractivity contribution is 6.21. The molecule has 4 nitrogen and oxygen atoms in total. The minimum atomic E-state index is -4.53. The number of halogens is 3. The molecule has 0 N–H and O–H groups in total. The van der Waals surface area contributed by atoms with Gasteiger partial charge in [0.25, 0.3) is 0 Å². The Balaban J connectivity index is 1.59. The lowest BCUT2D eigenvalue weighted by Gasteiger charge is -2.07. The lowest BCUT2D eigenvalue weighted by atomic mass is 9.97. The Bertz CT molecular complexity index is 2390. The van der Waals surface area contributed by atoms with Gasteiger partial charge in [-0.2, -0.15) is 33.7 Å². The van der Waals surface area contributed by atoms with E-state index in [4.69, 9.17) is 0 Å². The first-order valence-corrected chi connectivity index (χ1v) is 12.4. The summed E-state index contributed by atoms with van der Waals surface area (Å²) in [5.74, 6) is 0. The van der Waals surface area contributed by atoms with Crippen molar-refractivity contribution in [2.45, 2.75) is 6.18 Å². The van der Waals surface area contributed by atoms with Gasteiger partial charge in [-0.3, -0.25) is 0 Å². The van der Waals surface area contributed by atoms with Gasteiger partial charge in [-0.05, 0) is 73.8 Å². The van der Waals surface area contributed by atoms with Crippen LogP contribution < -0.4 is 10.7 Å².